The molecule has 4 N–H and O–H groups in total. The van der Waals surface area contributed by atoms with E-state index in [1.54, 1.807) is 38.2 Å². The van der Waals surface area contributed by atoms with E-state index in [9.17, 15) is 9.59 Å². The Morgan fingerprint density at radius 1 is 1.25 bits per heavy atom. The summed E-state index contributed by atoms with van der Waals surface area (Å²) >= 11 is 0. The zero-order chi connectivity index (χ0) is 20.4. The van der Waals surface area contributed by atoms with E-state index in [0.717, 1.165) is 5.56 Å². The number of ether oxygens (including phenoxy) is 2. The summed E-state index contributed by atoms with van der Waals surface area (Å²) in [5.74, 6) is -0.750. The number of carbonyl (C=O) groups is 2. The van der Waals surface area contributed by atoms with Crippen molar-refractivity contribution >= 4 is 22.8 Å². The topological polar surface area (TPSA) is 131 Å². The van der Waals surface area contributed by atoms with Crippen molar-refractivity contribution in [3.05, 3.63) is 52.9 Å². The molecular formula is C20H21N3O5. The third-order valence-electron chi connectivity index (χ3n) is 4.57. The maximum atomic E-state index is 12.0. The average Bonchev–Trinajstić information content (AvgIpc) is 3.01. The van der Waals surface area contributed by atoms with Gasteiger partial charge in [-0.2, -0.15) is 0 Å². The highest BCUT2D eigenvalue weighted by molar-refractivity contribution is 6.09. The van der Waals surface area contributed by atoms with Crippen LogP contribution in [0, 0.1) is 6.92 Å². The molecule has 0 aliphatic rings. The van der Waals surface area contributed by atoms with Gasteiger partial charge in [0, 0.05) is 17.1 Å². The van der Waals surface area contributed by atoms with Crippen LogP contribution in [-0.4, -0.2) is 23.9 Å². The standard InChI is InChI=1S/C20H21N3O5/c1-10(18(21)24)15-13(27-9-12-5-4-8-23-20(12)26-3)6-7-14-17(15)16(19(22)25)11(2)28-14/h4-8,10H,9H2,1-3H3,(H2,21,24)(H2,22,25). The van der Waals surface area contributed by atoms with Crippen LogP contribution in [0.25, 0.3) is 11.0 Å². The molecule has 8 nitrogen and oxygen atoms in total. The van der Waals surface area contributed by atoms with Crippen molar-refractivity contribution in [2.45, 2.75) is 26.4 Å². The lowest BCUT2D eigenvalue weighted by Crippen LogP contribution is -2.20. The number of aromatic nitrogens is 1. The molecule has 8 heteroatoms. The van der Waals surface area contributed by atoms with Crippen molar-refractivity contribution in [2.24, 2.45) is 11.5 Å². The van der Waals surface area contributed by atoms with Crippen LogP contribution >= 0.6 is 0 Å². The number of methoxy groups -OCH3 is 1. The molecule has 1 aromatic carbocycles. The van der Waals surface area contributed by atoms with Gasteiger partial charge in [-0.25, -0.2) is 4.98 Å². The van der Waals surface area contributed by atoms with Gasteiger partial charge in [-0.15, -0.1) is 0 Å². The fourth-order valence-electron chi connectivity index (χ4n) is 3.18. The van der Waals surface area contributed by atoms with Gasteiger partial charge in [0.1, 0.15) is 23.7 Å². The van der Waals surface area contributed by atoms with Gasteiger partial charge in [0.25, 0.3) is 5.91 Å². The molecule has 28 heavy (non-hydrogen) atoms. The Hall–Kier alpha value is -3.55. The number of aryl methyl sites for hydroxylation is 1. The molecule has 0 saturated heterocycles. The minimum atomic E-state index is -0.732. The molecule has 1 atom stereocenters. The summed E-state index contributed by atoms with van der Waals surface area (Å²) in [6.07, 6.45) is 1.61. The Morgan fingerprint density at radius 3 is 2.64 bits per heavy atom. The molecule has 3 rings (SSSR count). The van der Waals surface area contributed by atoms with Gasteiger partial charge in [0.2, 0.25) is 11.8 Å². The lowest BCUT2D eigenvalue weighted by Gasteiger charge is -2.17. The SMILES string of the molecule is COc1ncccc1COc1ccc2oc(C)c(C(N)=O)c2c1C(C)C(N)=O. The van der Waals surface area contributed by atoms with Crippen LogP contribution in [-0.2, 0) is 11.4 Å². The van der Waals surface area contributed by atoms with E-state index >= 15 is 0 Å². The van der Waals surface area contributed by atoms with Crippen molar-refractivity contribution in [1.29, 1.82) is 0 Å². The van der Waals surface area contributed by atoms with Crippen molar-refractivity contribution < 1.29 is 23.5 Å². The summed E-state index contributed by atoms with van der Waals surface area (Å²) in [5, 5.41) is 0.437. The molecular weight excluding hydrogens is 362 g/mol. The number of fused-ring (bicyclic) bond motifs is 1. The maximum Gasteiger partial charge on any atom is 0.252 e. The number of hydrogen-bond donors (Lipinski definition) is 2. The van der Waals surface area contributed by atoms with Crippen LogP contribution in [0.4, 0.5) is 0 Å². The van der Waals surface area contributed by atoms with Crippen LogP contribution in [0.5, 0.6) is 11.6 Å². The summed E-state index contributed by atoms with van der Waals surface area (Å²) in [6.45, 7) is 3.42. The van der Waals surface area contributed by atoms with Crippen molar-refractivity contribution in [2.75, 3.05) is 7.11 Å². The van der Waals surface area contributed by atoms with E-state index < -0.39 is 17.7 Å². The second-order valence-electron chi connectivity index (χ2n) is 6.33. The first-order chi connectivity index (χ1) is 13.3. The van der Waals surface area contributed by atoms with Crippen molar-refractivity contribution in [1.82, 2.24) is 4.98 Å². The predicted octanol–water partition coefficient (Wildman–Crippen LogP) is 2.41. The normalized spacial score (nSPS) is 12.0. The quantitative estimate of drug-likeness (QED) is 0.644. The number of furan rings is 1. The van der Waals surface area contributed by atoms with E-state index in [-0.39, 0.29) is 12.2 Å². The number of primary amides is 2. The molecule has 146 valence electrons. The molecule has 2 heterocycles. The van der Waals surface area contributed by atoms with E-state index in [0.29, 0.717) is 33.9 Å². The summed E-state index contributed by atoms with van der Waals surface area (Å²) < 4.78 is 16.8. The van der Waals surface area contributed by atoms with Crippen LogP contribution in [0.15, 0.2) is 34.9 Å². The molecule has 0 aliphatic heterocycles. The maximum absolute atomic E-state index is 12.0. The Labute approximate surface area is 161 Å². The fourth-order valence-corrected chi connectivity index (χ4v) is 3.18. The second-order valence-corrected chi connectivity index (χ2v) is 6.33. The number of nitrogens with two attached hydrogens (primary N) is 2. The van der Waals surface area contributed by atoms with Gasteiger partial charge in [0.15, 0.2) is 0 Å². The van der Waals surface area contributed by atoms with Crippen LogP contribution in [0.3, 0.4) is 0 Å². The Kier molecular flexibility index (Phi) is 5.21. The number of hydrogen-bond acceptors (Lipinski definition) is 6. The summed E-state index contributed by atoms with van der Waals surface area (Å²) in [5.41, 5.74) is 12.9. The first-order valence-electron chi connectivity index (χ1n) is 8.61. The lowest BCUT2D eigenvalue weighted by molar-refractivity contribution is -0.119. The highest BCUT2D eigenvalue weighted by atomic mass is 16.5. The van der Waals surface area contributed by atoms with E-state index in [1.165, 1.54) is 7.11 Å². The first kappa shape index (κ1) is 19.2. The largest absolute Gasteiger partial charge is 0.488 e. The number of amides is 2. The smallest absolute Gasteiger partial charge is 0.252 e. The molecule has 2 aromatic heterocycles. The van der Waals surface area contributed by atoms with E-state index in [4.69, 9.17) is 25.4 Å². The van der Waals surface area contributed by atoms with Gasteiger partial charge in [-0.1, -0.05) is 0 Å². The Morgan fingerprint density at radius 2 is 2.00 bits per heavy atom. The van der Waals surface area contributed by atoms with Gasteiger partial charge in [0.05, 0.1) is 24.2 Å². The van der Waals surface area contributed by atoms with Gasteiger partial charge >= 0.3 is 0 Å². The van der Waals surface area contributed by atoms with Gasteiger partial charge in [-0.3, -0.25) is 9.59 Å². The van der Waals surface area contributed by atoms with Crippen LogP contribution in [0.2, 0.25) is 0 Å². The molecule has 0 fully saturated rings. The van der Waals surface area contributed by atoms with Gasteiger partial charge < -0.3 is 25.4 Å². The molecule has 0 saturated carbocycles. The number of rotatable bonds is 7. The monoisotopic (exact) mass is 383 g/mol. The molecule has 3 aromatic rings. The highest BCUT2D eigenvalue weighted by Gasteiger charge is 2.27. The molecule has 0 spiro atoms. The number of pyridine rings is 1. The fraction of sp³-hybridized carbons (Fsp3) is 0.250. The Balaban J connectivity index is 2.14. The van der Waals surface area contributed by atoms with Crippen molar-refractivity contribution in [3.8, 4) is 11.6 Å². The molecule has 0 aliphatic carbocycles. The average molecular weight is 383 g/mol. The second kappa shape index (κ2) is 7.59. The predicted molar refractivity (Wildman–Crippen MR) is 102 cm³/mol. The van der Waals surface area contributed by atoms with Crippen LogP contribution in [0.1, 0.15) is 40.1 Å². The zero-order valence-corrected chi connectivity index (χ0v) is 15.8. The van der Waals surface area contributed by atoms with Crippen LogP contribution < -0.4 is 20.9 Å². The summed E-state index contributed by atoms with van der Waals surface area (Å²) in [6, 6.07) is 6.93. The van der Waals surface area contributed by atoms with E-state index in [2.05, 4.69) is 4.98 Å². The lowest BCUT2D eigenvalue weighted by atomic mass is 9.93. The zero-order valence-electron chi connectivity index (χ0n) is 15.8. The van der Waals surface area contributed by atoms with E-state index in [1.807, 2.05) is 6.07 Å². The molecule has 1 unspecified atom stereocenters. The number of nitrogens with zero attached hydrogens (tertiary/aromatic N) is 1. The minimum absolute atomic E-state index is 0.143. The minimum Gasteiger partial charge on any atom is -0.488 e. The first-order valence-corrected chi connectivity index (χ1v) is 8.61. The molecule has 0 radical (unpaired) electrons. The third kappa shape index (κ3) is 3.36. The number of benzene rings is 1. The van der Waals surface area contributed by atoms with Gasteiger partial charge in [-0.05, 0) is 38.1 Å². The number of carbonyl (C=O) groups excluding carboxylic acids is 2. The molecule has 0 bridgehead atoms. The molecule has 2 amide bonds. The Bertz CT molecular complexity index is 1060. The third-order valence-corrected chi connectivity index (χ3v) is 4.57. The summed E-state index contributed by atoms with van der Waals surface area (Å²) in [7, 11) is 1.52. The van der Waals surface area contributed by atoms with Crippen molar-refractivity contribution in [3.63, 3.8) is 0 Å². The summed E-state index contributed by atoms with van der Waals surface area (Å²) in [4.78, 5) is 28.1. The highest BCUT2D eigenvalue weighted by Crippen LogP contribution is 2.39.